The predicted octanol–water partition coefficient (Wildman–Crippen LogP) is 3.68. The Morgan fingerprint density at radius 1 is 1.29 bits per heavy atom. The molecule has 1 atom stereocenters. The van der Waals surface area contributed by atoms with Crippen LogP contribution in [0.15, 0.2) is 36.9 Å². The molecule has 0 amide bonds. The number of hydrogen-bond donors (Lipinski definition) is 0. The van der Waals surface area contributed by atoms with E-state index in [0.717, 1.165) is 23.5 Å². The Bertz CT molecular complexity index is 421. The molecule has 2 rings (SSSR count). The van der Waals surface area contributed by atoms with Gasteiger partial charge in [-0.1, -0.05) is 31.2 Å². The van der Waals surface area contributed by atoms with E-state index in [2.05, 4.69) is 25.7 Å². The van der Waals surface area contributed by atoms with Crippen molar-refractivity contribution in [3.05, 3.63) is 42.5 Å². The standard InChI is InChI=1S/C15H18O2/c1-3-4-12(2)5-6-13-7-8-14-15(11-13)17-10-9-16-14/h3,5-8,11-12H,1,4,9-10H2,2H3/b6-5+. The maximum absolute atomic E-state index is 5.54. The van der Waals surface area contributed by atoms with Gasteiger partial charge in [-0.2, -0.15) is 0 Å². The van der Waals surface area contributed by atoms with E-state index in [4.69, 9.17) is 9.47 Å². The summed E-state index contributed by atoms with van der Waals surface area (Å²) in [4.78, 5) is 0. The predicted molar refractivity (Wildman–Crippen MR) is 70.4 cm³/mol. The van der Waals surface area contributed by atoms with Crippen LogP contribution in [-0.2, 0) is 0 Å². The molecule has 0 spiro atoms. The van der Waals surface area contributed by atoms with Crippen molar-refractivity contribution < 1.29 is 9.47 Å². The van der Waals surface area contributed by atoms with E-state index >= 15 is 0 Å². The average molecular weight is 230 g/mol. The van der Waals surface area contributed by atoms with Crippen LogP contribution < -0.4 is 9.47 Å². The molecular formula is C15H18O2. The molecule has 1 aromatic rings. The number of benzene rings is 1. The Hall–Kier alpha value is -1.70. The first-order chi connectivity index (χ1) is 8.29. The van der Waals surface area contributed by atoms with Gasteiger partial charge in [0.15, 0.2) is 11.5 Å². The van der Waals surface area contributed by atoms with E-state index < -0.39 is 0 Å². The highest BCUT2D eigenvalue weighted by molar-refractivity contribution is 5.56. The molecule has 0 radical (unpaired) electrons. The van der Waals surface area contributed by atoms with Gasteiger partial charge < -0.3 is 9.47 Å². The second kappa shape index (κ2) is 5.58. The van der Waals surface area contributed by atoms with Gasteiger partial charge >= 0.3 is 0 Å². The molecule has 0 saturated heterocycles. The Kier molecular flexibility index (Phi) is 3.86. The van der Waals surface area contributed by atoms with Gasteiger partial charge in [-0.25, -0.2) is 0 Å². The highest BCUT2D eigenvalue weighted by Gasteiger charge is 2.10. The number of hydrogen-bond acceptors (Lipinski definition) is 2. The van der Waals surface area contributed by atoms with Gasteiger partial charge in [-0.05, 0) is 30.0 Å². The molecule has 1 aromatic carbocycles. The minimum absolute atomic E-state index is 0.515. The van der Waals surface area contributed by atoms with Crippen LogP contribution in [-0.4, -0.2) is 13.2 Å². The van der Waals surface area contributed by atoms with Crippen molar-refractivity contribution in [2.45, 2.75) is 13.3 Å². The summed E-state index contributed by atoms with van der Waals surface area (Å²) in [6.07, 6.45) is 7.25. The fourth-order valence-corrected chi connectivity index (χ4v) is 1.78. The second-order valence-electron chi connectivity index (χ2n) is 4.26. The molecule has 1 aliphatic rings. The minimum Gasteiger partial charge on any atom is -0.486 e. The molecule has 0 fully saturated rings. The lowest BCUT2D eigenvalue weighted by Gasteiger charge is -2.18. The quantitative estimate of drug-likeness (QED) is 0.734. The van der Waals surface area contributed by atoms with E-state index in [9.17, 15) is 0 Å². The van der Waals surface area contributed by atoms with E-state index in [-0.39, 0.29) is 0 Å². The zero-order valence-corrected chi connectivity index (χ0v) is 10.2. The topological polar surface area (TPSA) is 18.5 Å². The Morgan fingerprint density at radius 2 is 2.06 bits per heavy atom. The van der Waals surface area contributed by atoms with Crippen LogP contribution in [0.25, 0.3) is 6.08 Å². The minimum atomic E-state index is 0.515. The van der Waals surface area contributed by atoms with Gasteiger partial charge in [-0.15, -0.1) is 6.58 Å². The number of ether oxygens (including phenoxy) is 2. The first-order valence-electron chi connectivity index (χ1n) is 5.98. The largest absolute Gasteiger partial charge is 0.486 e. The van der Waals surface area contributed by atoms with Gasteiger partial charge in [0.1, 0.15) is 13.2 Å². The SMILES string of the molecule is C=CCC(C)/C=C/c1ccc2c(c1)OCCO2. The van der Waals surface area contributed by atoms with Gasteiger partial charge in [0.25, 0.3) is 0 Å². The highest BCUT2D eigenvalue weighted by atomic mass is 16.6. The fraction of sp³-hybridized carbons (Fsp3) is 0.333. The smallest absolute Gasteiger partial charge is 0.161 e. The summed E-state index contributed by atoms with van der Waals surface area (Å²) < 4.78 is 11.0. The summed E-state index contributed by atoms with van der Waals surface area (Å²) >= 11 is 0. The maximum atomic E-state index is 5.54. The number of rotatable bonds is 4. The van der Waals surface area contributed by atoms with Crippen molar-refractivity contribution in [2.75, 3.05) is 13.2 Å². The van der Waals surface area contributed by atoms with Crippen LogP contribution in [0.5, 0.6) is 11.5 Å². The van der Waals surface area contributed by atoms with Crippen molar-refractivity contribution >= 4 is 6.08 Å². The van der Waals surface area contributed by atoms with Crippen molar-refractivity contribution in [1.82, 2.24) is 0 Å². The van der Waals surface area contributed by atoms with Gasteiger partial charge in [0, 0.05) is 0 Å². The normalized spacial score (nSPS) is 15.8. The van der Waals surface area contributed by atoms with Crippen molar-refractivity contribution in [3.8, 4) is 11.5 Å². The van der Waals surface area contributed by atoms with E-state index in [1.54, 1.807) is 0 Å². The molecule has 90 valence electrons. The molecule has 1 heterocycles. The third-order valence-electron chi connectivity index (χ3n) is 2.72. The maximum Gasteiger partial charge on any atom is 0.161 e. The summed E-state index contributed by atoms with van der Waals surface area (Å²) in [5, 5.41) is 0. The van der Waals surface area contributed by atoms with Crippen LogP contribution in [0.1, 0.15) is 18.9 Å². The molecule has 1 aliphatic heterocycles. The van der Waals surface area contributed by atoms with Gasteiger partial charge in [0.2, 0.25) is 0 Å². The van der Waals surface area contributed by atoms with Crippen LogP contribution in [0, 0.1) is 5.92 Å². The summed E-state index contributed by atoms with van der Waals surface area (Å²) in [6.45, 7) is 7.19. The van der Waals surface area contributed by atoms with Crippen molar-refractivity contribution in [1.29, 1.82) is 0 Å². The molecule has 0 N–H and O–H groups in total. The fourth-order valence-electron chi connectivity index (χ4n) is 1.78. The van der Waals surface area contributed by atoms with Crippen LogP contribution >= 0.6 is 0 Å². The molecule has 17 heavy (non-hydrogen) atoms. The van der Waals surface area contributed by atoms with E-state index in [1.165, 1.54) is 0 Å². The van der Waals surface area contributed by atoms with Crippen molar-refractivity contribution in [2.24, 2.45) is 5.92 Å². The molecule has 0 saturated carbocycles. The van der Waals surface area contributed by atoms with Crippen LogP contribution in [0.2, 0.25) is 0 Å². The van der Waals surface area contributed by atoms with E-state index in [0.29, 0.717) is 19.1 Å². The summed E-state index contributed by atoms with van der Waals surface area (Å²) in [5.41, 5.74) is 1.14. The molecule has 2 nitrogen and oxygen atoms in total. The molecule has 0 aromatic heterocycles. The second-order valence-corrected chi connectivity index (χ2v) is 4.26. The lowest BCUT2D eigenvalue weighted by Crippen LogP contribution is -2.15. The Balaban J connectivity index is 2.09. The monoisotopic (exact) mass is 230 g/mol. The Labute approximate surface area is 103 Å². The Morgan fingerprint density at radius 3 is 2.82 bits per heavy atom. The third-order valence-corrected chi connectivity index (χ3v) is 2.72. The molecule has 1 unspecified atom stereocenters. The molecule has 2 heteroatoms. The molecule has 0 bridgehead atoms. The van der Waals surface area contributed by atoms with Crippen LogP contribution in [0.3, 0.4) is 0 Å². The number of allylic oxidation sites excluding steroid dienone is 2. The molecular weight excluding hydrogens is 212 g/mol. The molecule has 0 aliphatic carbocycles. The zero-order chi connectivity index (χ0) is 12.1. The van der Waals surface area contributed by atoms with Crippen molar-refractivity contribution in [3.63, 3.8) is 0 Å². The average Bonchev–Trinajstić information content (AvgIpc) is 2.36. The zero-order valence-electron chi connectivity index (χ0n) is 10.2. The van der Waals surface area contributed by atoms with Gasteiger partial charge in [-0.3, -0.25) is 0 Å². The summed E-state index contributed by atoms with van der Waals surface area (Å²) in [5.74, 6) is 2.20. The highest BCUT2D eigenvalue weighted by Crippen LogP contribution is 2.31. The van der Waals surface area contributed by atoms with Crippen LogP contribution in [0.4, 0.5) is 0 Å². The lowest BCUT2D eigenvalue weighted by atomic mass is 10.1. The summed E-state index contributed by atoms with van der Waals surface area (Å²) in [6, 6.07) is 6.03. The first-order valence-corrected chi connectivity index (χ1v) is 5.98. The summed E-state index contributed by atoms with van der Waals surface area (Å²) in [7, 11) is 0. The lowest BCUT2D eigenvalue weighted by molar-refractivity contribution is 0.171. The van der Waals surface area contributed by atoms with E-state index in [1.807, 2.05) is 24.3 Å². The first kappa shape index (κ1) is 11.8. The number of fused-ring (bicyclic) bond motifs is 1. The van der Waals surface area contributed by atoms with Gasteiger partial charge in [0.05, 0.1) is 0 Å². The third kappa shape index (κ3) is 3.13.